The number of hydrogen-bond donors (Lipinski definition) is 0. The molecule has 2 heterocycles. The van der Waals surface area contributed by atoms with Crippen molar-refractivity contribution in [3.05, 3.63) is 43.7 Å². The van der Waals surface area contributed by atoms with Crippen LogP contribution in [0.1, 0.15) is 5.56 Å². The standard InChI is InChI=1S/C13H7Cl3N2S/c1-6-4-19-5-7(6)13-17-11-9(15)3-2-8(14)10(11)12(16)18-13/h2-5H,1H3. The number of halogens is 3. The van der Waals surface area contributed by atoms with Crippen molar-refractivity contribution in [1.82, 2.24) is 9.97 Å². The van der Waals surface area contributed by atoms with Crippen LogP contribution in [0.15, 0.2) is 22.9 Å². The molecule has 6 heteroatoms. The van der Waals surface area contributed by atoms with E-state index in [2.05, 4.69) is 9.97 Å². The number of thiophene rings is 1. The van der Waals surface area contributed by atoms with Gasteiger partial charge in [0.05, 0.1) is 20.9 Å². The van der Waals surface area contributed by atoms with Gasteiger partial charge in [0.1, 0.15) is 5.15 Å². The molecule has 2 aromatic heterocycles. The zero-order valence-corrected chi connectivity index (χ0v) is 12.8. The van der Waals surface area contributed by atoms with Gasteiger partial charge in [-0.05, 0) is 30.0 Å². The topological polar surface area (TPSA) is 25.8 Å². The summed E-state index contributed by atoms with van der Waals surface area (Å²) in [5, 5.41) is 5.95. The minimum atomic E-state index is 0.318. The maximum Gasteiger partial charge on any atom is 0.162 e. The summed E-state index contributed by atoms with van der Waals surface area (Å²) in [5.41, 5.74) is 2.65. The van der Waals surface area contributed by atoms with Crippen LogP contribution in [0.2, 0.25) is 15.2 Å². The van der Waals surface area contributed by atoms with E-state index >= 15 is 0 Å². The average molecular weight is 330 g/mol. The molecular formula is C13H7Cl3N2S. The van der Waals surface area contributed by atoms with Gasteiger partial charge in [-0.15, -0.1) is 0 Å². The quantitative estimate of drug-likeness (QED) is 0.541. The highest BCUT2D eigenvalue weighted by Crippen LogP contribution is 2.35. The summed E-state index contributed by atoms with van der Waals surface area (Å²) >= 11 is 20.1. The first-order valence-corrected chi connectivity index (χ1v) is 7.50. The summed E-state index contributed by atoms with van der Waals surface area (Å²) in [6.45, 7) is 2.01. The molecular weight excluding hydrogens is 323 g/mol. The van der Waals surface area contributed by atoms with Crippen LogP contribution in [0.3, 0.4) is 0 Å². The Labute approximate surface area is 129 Å². The van der Waals surface area contributed by atoms with Crippen LogP contribution < -0.4 is 0 Å². The largest absolute Gasteiger partial charge is 0.226 e. The minimum absolute atomic E-state index is 0.318. The maximum atomic E-state index is 6.22. The summed E-state index contributed by atoms with van der Waals surface area (Å²) in [7, 11) is 0. The summed E-state index contributed by atoms with van der Waals surface area (Å²) in [6.07, 6.45) is 0. The lowest BCUT2D eigenvalue weighted by atomic mass is 10.2. The Hall–Kier alpha value is -0.870. The van der Waals surface area contributed by atoms with E-state index in [0.717, 1.165) is 11.1 Å². The van der Waals surface area contributed by atoms with E-state index in [-0.39, 0.29) is 0 Å². The van der Waals surface area contributed by atoms with Gasteiger partial charge in [0, 0.05) is 10.9 Å². The van der Waals surface area contributed by atoms with E-state index in [1.54, 1.807) is 23.5 Å². The minimum Gasteiger partial charge on any atom is -0.226 e. The highest BCUT2D eigenvalue weighted by Gasteiger charge is 2.14. The maximum absolute atomic E-state index is 6.22. The third kappa shape index (κ3) is 2.21. The Balaban J connectivity index is 2.37. The Morgan fingerprint density at radius 1 is 1.00 bits per heavy atom. The van der Waals surface area contributed by atoms with E-state index in [4.69, 9.17) is 34.8 Å². The molecule has 96 valence electrons. The van der Waals surface area contributed by atoms with Crippen molar-refractivity contribution in [1.29, 1.82) is 0 Å². The molecule has 19 heavy (non-hydrogen) atoms. The van der Waals surface area contributed by atoms with Crippen LogP contribution >= 0.6 is 46.1 Å². The number of fused-ring (bicyclic) bond motifs is 1. The normalized spacial score (nSPS) is 11.2. The van der Waals surface area contributed by atoms with Crippen LogP contribution in [0, 0.1) is 6.92 Å². The van der Waals surface area contributed by atoms with E-state index < -0.39 is 0 Å². The lowest BCUT2D eigenvalue weighted by Crippen LogP contribution is -1.93. The van der Waals surface area contributed by atoms with E-state index in [1.165, 1.54) is 0 Å². The third-order valence-corrected chi connectivity index (χ3v) is 4.56. The van der Waals surface area contributed by atoms with E-state index in [1.807, 2.05) is 17.7 Å². The molecule has 0 fully saturated rings. The smallest absolute Gasteiger partial charge is 0.162 e. The zero-order valence-electron chi connectivity index (χ0n) is 9.75. The van der Waals surface area contributed by atoms with Crippen LogP contribution in [-0.2, 0) is 0 Å². The number of hydrogen-bond acceptors (Lipinski definition) is 3. The molecule has 0 bridgehead atoms. The molecule has 1 aromatic carbocycles. The van der Waals surface area contributed by atoms with Crippen LogP contribution in [-0.4, -0.2) is 9.97 Å². The van der Waals surface area contributed by atoms with Crippen molar-refractivity contribution in [2.24, 2.45) is 0 Å². The lowest BCUT2D eigenvalue weighted by Gasteiger charge is -2.07. The van der Waals surface area contributed by atoms with Crippen molar-refractivity contribution in [3.63, 3.8) is 0 Å². The van der Waals surface area contributed by atoms with Crippen molar-refractivity contribution in [3.8, 4) is 11.4 Å². The Kier molecular flexibility index (Phi) is 3.39. The van der Waals surface area contributed by atoms with Gasteiger partial charge in [0.15, 0.2) is 5.82 Å². The number of rotatable bonds is 1. The van der Waals surface area contributed by atoms with E-state index in [9.17, 15) is 0 Å². The molecule has 0 atom stereocenters. The van der Waals surface area contributed by atoms with Crippen LogP contribution in [0.4, 0.5) is 0 Å². The first-order chi connectivity index (χ1) is 9.08. The van der Waals surface area contributed by atoms with Gasteiger partial charge >= 0.3 is 0 Å². The molecule has 0 unspecified atom stereocenters. The van der Waals surface area contributed by atoms with Crippen molar-refractivity contribution in [2.45, 2.75) is 6.92 Å². The molecule has 0 amide bonds. The molecule has 3 rings (SSSR count). The summed E-state index contributed by atoms with van der Waals surface area (Å²) in [5.74, 6) is 0.570. The Bertz CT molecular complexity index is 783. The molecule has 0 spiro atoms. The third-order valence-electron chi connectivity index (χ3n) is 2.80. The first kappa shape index (κ1) is 13.1. The number of aromatic nitrogens is 2. The van der Waals surface area contributed by atoms with Crippen LogP contribution in [0.25, 0.3) is 22.3 Å². The number of benzene rings is 1. The van der Waals surface area contributed by atoms with Crippen molar-refractivity contribution < 1.29 is 0 Å². The summed E-state index contributed by atoms with van der Waals surface area (Å²) in [6, 6.07) is 3.40. The van der Waals surface area contributed by atoms with Crippen molar-refractivity contribution >= 4 is 57.0 Å². The Morgan fingerprint density at radius 3 is 2.42 bits per heavy atom. The monoisotopic (exact) mass is 328 g/mol. The second kappa shape index (κ2) is 4.91. The highest BCUT2D eigenvalue weighted by atomic mass is 35.5. The molecule has 0 aliphatic heterocycles. The molecule has 0 radical (unpaired) electrons. The van der Waals surface area contributed by atoms with Gasteiger partial charge in [-0.2, -0.15) is 11.3 Å². The van der Waals surface area contributed by atoms with Gasteiger partial charge < -0.3 is 0 Å². The van der Waals surface area contributed by atoms with Gasteiger partial charge in [0.25, 0.3) is 0 Å². The fourth-order valence-electron chi connectivity index (χ4n) is 1.84. The van der Waals surface area contributed by atoms with Crippen LogP contribution in [0.5, 0.6) is 0 Å². The number of nitrogens with zero attached hydrogens (tertiary/aromatic N) is 2. The highest BCUT2D eigenvalue weighted by molar-refractivity contribution is 7.08. The van der Waals surface area contributed by atoms with Gasteiger partial charge in [-0.1, -0.05) is 34.8 Å². The molecule has 3 aromatic rings. The predicted octanol–water partition coefficient (Wildman–Crippen LogP) is 5.63. The predicted molar refractivity (Wildman–Crippen MR) is 82.6 cm³/mol. The molecule has 0 aliphatic rings. The SMILES string of the molecule is Cc1cscc1-c1nc(Cl)c2c(Cl)ccc(Cl)c2n1. The second-order valence-corrected chi connectivity index (χ2v) is 5.98. The average Bonchev–Trinajstić information content (AvgIpc) is 2.79. The Morgan fingerprint density at radius 2 is 1.74 bits per heavy atom. The second-order valence-electron chi connectivity index (χ2n) is 4.06. The van der Waals surface area contributed by atoms with E-state index in [0.29, 0.717) is 31.9 Å². The molecule has 0 saturated heterocycles. The molecule has 2 nitrogen and oxygen atoms in total. The fourth-order valence-corrected chi connectivity index (χ4v) is 3.42. The fraction of sp³-hybridized carbons (Fsp3) is 0.0769. The van der Waals surface area contributed by atoms with Crippen molar-refractivity contribution in [2.75, 3.05) is 0 Å². The number of aryl methyl sites for hydroxylation is 1. The first-order valence-electron chi connectivity index (χ1n) is 5.42. The van der Waals surface area contributed by atoms with Gasteiger partial charge in [-0.3, -0.25) is 0 Å². The van der Waals surface area contributed by atoms with Gasteiger partial charge in [-0.25, -0.2) is 9.97 Å². The van der Waals surface area contributed by atoms with Gasteiger partial charge in [0.2, 0.25) is 0 Å². The lowest BCUT2D eigenvalue weighted by molar-refractivity contribution is 1.22. The summed E-state index contributed by atoms with van der Waals surface area (Å²) in [4.78, 5) is 8.82. The zero-order chi connectivity index (χ0) is 13.6. The molecule has 0 saturated carbocycles. The molecule has 0 aliphatic carbocycles. The summed E-state index contributed by atoms with van der Waals surface area (Å²) < 4.78 is 0. The molecule has 0 N–H and O–H groups in total.